The molecule has 0 N–H and O–H groups in total. The number of hydrogen-bond donors (Lipinski definition) is 0. The zero-order valence-electron chi connectivity index (χ0n) is 11.3. The van der Waals surface area contributed by atoms with Crippen LogP contribution < -0.4 is 4.74 Å². The van der Waals surface area contributed by atoms with E-state index in [1.807, 2.05) is 0 Å². The van der Waals surface area contributed by atoms with Gasteiger partial charge in [-0.25, -0.2) is 4.79 Å². The summed E-state index contributed by atoms with van der Waals surface area (Å²) in [6, 6.07) is 6.86. The third-order valence-corrected chi connectivity index (χ3v) is 2.30. The van der Waals surface area contributed by atoms with Gasteiger partial charge in [-0.05, 0) is 30.7 Å². The van der Waals surface area contributed by atoms with Crippen LogP contribution in [0.4, 0.5) is 0 Å². The maximum Gasteiger partial charge on any atom is 0.338 e. The molecule has 0 saturated carbocycles. The van der Waals surface area contributed by atoms with E-state index in [1.54, 1.807) is 51.4 Å². The Hall–Kier alpha value is -2.36. The number of carbonyl (C=O) groups is 2. The highest BCUT2D eigenvalue weighted by Crippen LogP contribution is 2.14. The number of rotatable bonds is 4. The predicted molar refractivity (Wildman–Crippen MR) is 74.6 cm³/mol. The fraction of sp³-hybridized carbons (Fsp3) is 0.200. The molecule has 1 amide bonds. The molecule has 0 unspecified atom stereocenters. The molecule has 1 rings (SSSR count). The molecule has 4 heteroatoms. The number of amides is 1. The summed E-state index contributed by atoms with van der Waals surface area (Å²) < 4.78 is 5.06. The van der Waals surface area contributed by atoms with E-state index >= 15 is 0 Å². The van der Waals surface area contributed by atoms with Crippen LogP contribution in [0.5, 0.6) is 5.75 Å². The van der Waals surface area contributed by atoms with Crippen LogP contribution in [0.3, 0.4) is 0 Å². The largest absolute Gasteiger partial charge is 0.423 e. The molecule has 4 nitrogen and oxygen atoms in total. The lowest BCUT2D eigenvalue weighted by atomic mass is 10.2. The first-order valence-electron chi connectivity index (χ1n) is 5.77. The molecule has 0 aliphatic rings. The van der Waals surface area contributed by atoms with E-state index < -0.39 is 5.97 Å². The van der Waals surface area contributed by atoms with Crippen LogP contribution in [0.25, 0.3) is 6.08 Å². The smallest absolute Gasteiger partial charge is 0.338 e. The molecule has 0 bridgehead atoms. The van der Waals surface area contributed by atoms with Gasteiger partial charge < -0.3 is 9.64 Å². The maximum absolute atomic E-state index is 11.4. The molecule has 0 aliphatic carbocycles. The van der Waals surface area contributed by atoms with Gasteiger partial charge in [-0.2, -0.15) is 0 Å². The van der Waals surface area contributed by atoms with Gasteiger partial charge in [-0.1, -0.05) is 18.7 Å². The minimum absolute atomic E-state index is 0.0854. The summed E-state index contributed by atoms with van der Waals surface area (Å²) in [5.41, 5.74) is 1.20. The molecule has 0 aliphatic heterocycles. The molecular formula is C15H17NO3. The van der Waals surface area contributed by atoms with E-state index in [-0.39, 0.29) is 5.91 Å². The second-order valence-electron chi connectivity index (χ2n) is 4.30. The Balaban J connectivity index is 2.69. The lowest BCUT2D eigenvalue weighted by Crippen LogP contribution is -2.18. The normalized spacial score (nSPS) is 10.3. The summed E-state index contributed by atoms with van der Waals surface area (Å²) >= 11 is 0. The van der Waals surface area contributed by atoms with E-state index in [2.05, 4.69) is 6.58 Å². The van der Waals surface area contributed by atoms with Gasteiger partial charge in [-0.15, -0.1) is 0 Å². The van der Waals surface area contributed by atoms with Gasteiger partial charge in [0.1, 0.15) is 5.75 Å². The molecule has 1 aromatic rings. The van der Waals surface area contributed by atoms with Crippen molar-refractivity contribution in [2.75, 3.05) is 14.1 Å². The fourth-order valence-electron chi connectivity index (χ4n) is 1.16. The first kappa shape index (κ1) is 14.7. The van der Waals surface area contributed by atoms with Crippen LogP contribution in [0.2, 0.25) is 0 Å². The molecule has 0 fully saturated rings. The lowest BCUT2D eigenvalue weighted by Gasteiger charge is -2.05. The molecule has 100 valence electrons. The molecular weight excluding hydrogens is 242 g/mol. The summed E-state index contributed by atoms with van der Waals surface area (Å²) in [5.74, 6) is -0.0899. The van der Waals surface area contributed by atoms with Gasteiger partial charge in [-0.3, -0.25) is 4.79 Å². The van der Waals surface area contributed by atoms with Crippen LogP contribution in [-0.2, 0) is 9.59 Å². The zero-order chi connectivity index (χ0) is 14.4. The molecule has 19 heavy (non-hydrogen) atoms. The molecule has 0 atom stereocenters. The molecule has 1 aromatic carbocycles. The summed E-state index contributed by atoms with van der Waals surface area (Å²) in [6.45, 7) is 5.10. The number of ether oxygens (including phenoxy) is 1. The monoisotopic (exact) mass is 259 g/mol. The number of esters is 1. The Morgan fingerprint density at radius 3 is 2.26 bits per heavy atom. The van der Waals surface area contributed by atoms with Crippen molar-refractivity contribution in [3.63, 3.8) is 0 Å². The van der Waals surface area contributed by atoms with E-state index in [0.717, 1.165) is 5.56 Å². The Morgan fingerprint density at radius 2 is 1.79 bits per heavy atom. The van der Waals surface area contributed by atoms with Gasteiger partial charge >= 0.3 is 5.97 Å². The highest BCUT2D eigenvalue weighted by Gasteiger charge is 2.04. The predicted octanol–water partition coefficient (Wildman–Crippen LogP) is 2.27. The first-order valence-corrected chi connectivity index (χ1v) is 5.77. The zero-order valence-corrected chi connectivity index (χ0v) is 11.3. The summed E-state index contributed by atoms with van der Waals surface area (Å²) in [7, 11) is 3.37. The Bertz CT molecular complexity index is 513. The van der Waals surface area contributed by atoms with Crippen LogP contribution >= 0.6 is 0 Å². The number of hydrogen-bond acceptors (Lipinski definition) is 3. The molecule has 0 heterocycles. The molecule has 0 aromatic heterocycles. The van der Waals surface area contributed by atoms with Crippen molar-refractivity contribution in [3.05, 3.63) is 48.1 Å². The van der Waals surface area contributed by atoms with Gasteiger partial charge in [0, 0.05) is 25.7 Å². The lowest BCUT2D eigenvalue weighted by molar-refractivity contribution is -0.130. The Morgan fingerprint density at radius 1 is 1.21 bits per heavy atom. The number of nitrogens with zero attached hydrogens (tertiary/aromatic N) is 1. The van der Waals surface area contributed by atoms with Crippen molar-refractivity contribution < 1.29 is 14.3 Å². The Kier molecular flexibility index (Phi) is 5.06. The van der Waals surface area contributed by atoms with Crippen LogP contribution in [-0.4, -0.2) is 30.9 Å². The Labute approximate surface area is 113 Å². The molecule has 0 radical (unpaired) electrons. The quantitative estimate of drug-likeness (QED) is 0.473. The van der Waals surface area contributed by atoms with Crippen LogP contribution in [0, 0.1) is 0 Å². The SMILES string of the molecule is C=C(C)C(=O)Oc1ccc(C=CC(=O)N(C)C)cc1. The van der Waals surface area contributed by atoms with Crippen LogP contribution in [0.15, 0.2) is 42.5 Å². The van der Waals surface area contributed by atoms with Crippen molar-refractivity contribution >= 4 is 18.0 Å². The van der Waals surface area contributed by atoms with Gasteiger partial charge in [0.15, 0.2) is 0 Å². The van der Waals surface area contributed by atoms with Gasteiger partial charge in [0.25, 0.3) is 0 Å². The third kappa shape index (κ3) is 4.79. The highest BCUT2D eigenvalue weighted by molar-refractivity contribution is 5.91. The van der Waals surface area contributed by atoms with Gasteiger partial charge in [0.05, 0.1) is 0 Å². The van der Waals surface area contributed by atoms with E-state index in [9.17, 15) is 9.59 Å². The maximum atomic E-state index is 11.4. The number of carbonyl (C=O) groups excluding carboxylic acids is 2. The minimum Gasteiger partial charge on any atom is -0.423 e. The van der Waals surface area contributed by atoms with Gasteiger partial charge in [0.2, 0.25) is 5.91 Å². The third-order valence-electron chi connectivity index (χ3n) is 2.30. The minimum atomic E-state index is -0.453. The van der Waals surface area contributed by atoms with Crippen molar-refractivity contribution in [1.82, 2.24) is 4.90 Å². The van der Waals surface area contributed by atoms with Crippen molar-refractivity contribution in [1.29, 1.82) is 0 Å². The van der Waals surface area contributed by atoms with Crippen molar-refractivity contribution in [3.8, 4) is 5.75 Å². The highest BCUT2D eigenvalue weighted by atomic mass is 16.5. The first-order chi connectivity index (χ1) is 8.90. The van der Waals surface area contributed by atoms with E-state index in [4.69, 9.17) is 4.74 Å². The molecule has 0 saturated heterocycles. The van der Waals surface area contributed by atoms with Crippen molar-refractivity contribution in [2.24, 2.45) is 0 Å². The standard InChI is InChI=1S/C15H17NO3/c1-11(2)15(18)19-13-8-5-12(6-9-13)7-10-14(17)16(3)4/h5-10H,1H2,2-4H3. The second-order valence-corrected chi connectivity index (χ2v) is 4.30. The summed E-state index contributed by atoms with van der Waals surface area (Å²) in [5, 5.41) is 0. The summed E-state index contributed by atoms with van der Waals surface area (Å²) in [4.78, 5) is 24.2. The van der Waals surface area contributed by atoms with E-state index in [0.29, 0.717) is 11.3 Å². The number of likely N-dealkylation sites (N-methyl/N-ethyl adjacent to an activating group) is 1. The summed E-state index contributed by atoms with van der Waals surface area (Å²) in [6.07, 6.45) is 3.18. The fourth-order valence-corrected chi connectivity index (χ4v) is 1.16. The molecule has 0 spiro atoms. The topological polar surface area (TPSA) is 46.6 Å². The number of benzene rings is 1. The van der Waals surface area contributed by atoms with E-state index in [1.165, 1.54) is 11.0 Å². The van der Waals surface area contributed by atoms with Crippen LogP contribution in [0.1, 0.15) is 12.5 Å². The second kappa shape index (κ2) is 6.54. The van der Waals surface area contributed by atoms with Crippen molar-refractivity contribution in [2.45, 2.75) is 6.92 Å². The average Bonchev–Trinajstić information content (AvgIpc) is 2.37. The average molecular weight is 259 g/mol.